The summed E-state index contributed by atoms with van der Waals surface area (Å²) in [5, 5.41) is 12.1. The SMILES string of the molecule is CN1CC[C@@]23CCCCC2[C@@H]1Cc1ccc(Oc2nnnn2-c2ccccc2)cc13. The van der Waals surface area contributed by atoms with Crippen LogP contribution >= 0.6 is 0 Å². The number of piperidine rings is 1. The summed E-state index contributed by atoms with van der Waals surface area (Å²) in [6, 6.07) is 17.6. The largest absolute Gasteiger partial charge is 0.423 e. The van der Waals surface area contributed by atoms with Crippen LogP contribution in [0.3, 0.4) is 0 Å². The van der Waals surface area contributed by atoms with E-state index >= 15 is 0 Å². The molecule has 1 aliphatic heterocycles. The van der Waals surface area contributed by atoms with Crippen molar-refractivity contribution in [3.8, 4) is 17.4 Å². The van der Waals surface area contributed by atoms with E-state index in [9.17, 15) is 0 Å². The first-order valence-electron chi connectivity index (χ1n) is 11.1. The van der Waals surface area contributed by atoms with Gasteiger partial charge in [0.15, 0.2) is 0 Å². The number of rotatable bonds is 3. The number of fused-ring (bicyclic) bond motifs is 1. The number of likely N-dealkylation sites (N-methyl/N-ethyl adjacent to an activating group) is 1. The maximum atomic E-state index is 6.22. The van der Waals surface area contributed by atoms with Crippen molar-refractivity contribution in [3.05, 3.63) is 59.7 Å². The fourth-order valence-corrected chi connectivity index (χ4v) is 6.32. The molecule has 6 rings (SSSR count). The molecule has 2 heterocycles. The van der Waals surface area contributed by atoms with Crippen LogP contribution in [0.2, 0.25) is 0 Å². The molecule has 1 saturated heterocycles. The summed E-state index contributed by atoms with van der Waals surface area (Å²) in [7, 11) is 2.31. The van der Waals surface area contributed by atoms with Crippen LogP contribution in [-0.2, 0) is 11.8 Å². The Balaban J connectivity index is 1.38. The smallest absolute Gasteiger partial charge is 0.345 e. The first-order chi connectivity index (χ1) is 14.7. The molecule has 2 aromatic carbocycles. The van der Waals surface area contributed by atoms with E-state index in [4.69, 9.17) is 4.74 Å². The van der Waals surface area contributed by atoms with Gasteiger partial charge in [0, 0.05) is 11.5 Å². The number of ether oxygens (including phenoxy) is 1. The van der Waals surface area contributed by atoms with Crippen molar-refractivity contribution >= 4 is 0 Å². The fraction of sp³-hybridized carbons (Fsp3) is 0.458. The minimum atomic E-state index is 0.313. The van der Waals surface area contributed by atoms with Gasteiger partial charge in [-0.1, -0.05) is 42.2 Å². The first kappa shape index (κ1) is 18.1. The Morgan fingerprint density at radius 3 is 2.87 bits per heavy atom. The van der Waals surface area contributed by atoms with E-state index in [1.807, 2.05) is 30.3 Å². The number of aromatic nitrogens is 4. The van der Waals surface area contributed by atoms with Gasteiger partial charge in [-0.05, 0) is 91.0 Å². The van der Waals surface area contributed by atoms with E-state index in [0.29, 0.717) is 17.5 Å². The van der Waals surface area contributed by atoms with Crippen molar-refractivity contribution < 1.29 is 4.74 Å². The molecular formula is C24H27N5O. The summed E-state index contributed by atoms with van der Waals surface area (Å²) in [5.41, 5.74) is 4.22. The minimum absolute atomic E-state index is 0.313. The number of likely N-dealkylation sites (tertiary alicyclic amines) is 1. The average Bonchev–Trinajstić information content (AvgIpc) is 3.25. The Kier molecular flexibility index (Phi) is 4.16. The van der Waals surface area contributed by atoms with Crippen LogP contribution < -0.4 is 4.74 Å². The van der Waals surface area contributed by atoms with Crippen molar-refractivity contribution in [2.45, 2.75) is 50.0 Å². The van der Waals surface area contributed by atoms with Crippen molar-refractivity contribution in [3.63, 3.8) is 0 Å². The molecule has 3 aliphatic rings. The van der Waals surface area contributed by atoms with Gasteiger partial charge in [-0.15, -0.1) is 0 Å². The normalized spacial score (nSPS) is 27.9. The highest BCUT2D eigenvalue weighted by atomic mass is 16.5. The Labute approximate surface area is 176 Å². The number of benzene rings is 2. The zero-order valence-electron chi connectivity index (χ0n) is 17.4. The number of nitrogens with zero attached hydrogens (tertiary/aromatic N) is 5. The standard InChI is InChI=1S/C24H27N5O/c1-28-14-13-24-12-6-5-9-20(24)22(28)15-17-10-11-19(16-21(17)24)30-23-25-26-27-29(23)18-7-3-2-4-8-18/h2-4,7-8,10-11,16,20,22H,5-6,9,12-15H2,1H3/t20?,22-,24-/m0/s1. The van der Waals surface area contributed by atoms with Crippen molar-refractivity contribution in [1.82, 2.24) is 25.1 Å². The molecule has 3 aromatic rings. The highest BCUT2D eigenvalue weighted by Gasteiger charge is 2.53. The van der Waals surface area contributed by atoms with E-state index in [0.717, 1.165) is 23.8 Å². The summed E-state index contributed by atoms with van der Waals surface area (Å²) < 4.78 is 7.87. The second kappa shape index (κ2) is 6.91. The lowest BCUT2D eigenvalue weighted by molar-refractivity contribution is 0.00275. The molecular weight excluding hydrogens is 374 g/mol. The van der Waals surface area contributed by atoms with Gasteiger partial charge in [-0.25, -0.2) is 0 Å². The maximum Gasteiger partial charge on any atom is 0.345 e. The summed E-state index contributed by atoms with van der Waals surface area (Å²) in [5.74, 6) is 1.60. The Bertz CT molecular complexity index is 1060. The molecule has 154 valence electrons. The highest BCUT2D eigenvalue weighted by molar-refractivity contribution is 5.46. The number of hydrogen-bond donors (Lipinski definition) is 0. The Morgan fingerprint density at radius 1 is 1.07 bits per heavy atom. The van der Waals surface area contributed by atoms with Gasteiger partial charge in [0.1, 0.15) is 5.75 Å². The number of para-hydroxylation sites is 1. The van der Waals surface area contributed by atoms with Crippen LogP contribution in [0.25, 0.3) is 5.69 Å². The minimum Gasteiger partial charge on any atom is -0.423 e. The molecule has 3 atom stereocenters. The second-order valence-electron chi connectivity index (χ2n) is 9.14. The first-order valence-corrected chi connectivity index (χ1v) is 11.1. The Morgan fingerprint density at radius 2 is 1.97 bits per heavy atom. The lowest BCUT2D eigenvalue weighted by atomic mass is 9.52. The number of tetrazole rings is 1. The third kappa shape index (κ3) is 2.70. The third-order valence-corrected chi connectivity index (χ3v) is 7.74. The van der Waals surface area contributed by atoms with E-state index in [2.05, 4.69) is 45.7 Å². The van der Waals surface area contributed by atoms with Crippen LogP contribution in [0.4, 0.5) is 0 Å². The molecule has 2 aliphatic carbocycles. The molecule has 6 nitrogen and oxygen atoms in total. The van der Waals surface area contributed by atoms with Crippen molar-refractivity contribution in [2.24, 2.45) is 5.92 Å². The highest BCUT2D eigenvalue weighted by Crippen LogP contribution is 2.56. The third-order valence-electron chi connectivity index (χ3n) is 7.74. The lowest BCUT2D eigenvalue weighted by Gasteiger charge is -2.58. The molecule has 1 saturated carbocycles. The van der Waals surface area contributed by atoms with Gasteiger partial charge in [0.05, 0.1) is 5.69 Å². The van der Waals surface area contributed by atoms with Gasteiger partial charge >= 0.3 is 6.01 Å². The van der Waals surface area contributed by atoms with Crippen LogP contribution in [0.5, 0.6) is 11.8 Å². The quantitative estimate of drug-likeness (QED) is 0.660. The van der Waals surface area contributed by atoms with E-state index in [-0.39, 0.29) is 0 Å². The monoisotopic (exact) mass is 401 g/mol. The van der Waals surface area contributed by atoms with E-state index in [1.165, 1.54) is 49.8 Å². The molecule has 0 amide bonds. The lowest BCUT2D eigenvalue weighted by Crippen LogP contribution is -2.59. The number of hydrogen-bond acceptors (Lipinski definition) is 5. The summed E-state index contributed by atoms with van der Waals surface area (Å²) in [4.78, 5) is 2.61. The van der Waals surface area contributed by atoms with Gasteiger partial charge in [-0.2, -0.15) is 4.68 Å². The van der Waals surface area contributed by atoms with Crippen molar-refractivity contribution in [2.75, 3.05) is 13.6 Å². The predicted molar refractivity (Wildman–Crippen MR) is 114 cm³/mol. The average molecular weight is 402 g/mol. The molecule has 1 unspecified atom stereocenters. The molecule has 0 radical (unpaired) electrons. The molecule has 30 heavy (non-hydrogen) atoms. The second-order valence-corrected chi connectivity index (χ2v) is 9.14. The molecule has 2 bridgehead atoms. The van der Waals surface area contributed by atoms with E-state index < -0.39 is 0 Å². The molecule has 0 spiro atoms. The van der Waals surface area contributed by atoms with Gasteiger partial charge in [-0.3, -0.25) is 0 Å². The van der Waals surface area contributed by atoms with Gasteiger partial charge < -0.3 is 9.64 Å². The summed E-state index contributed by atoms with van der Waals surface area (Å²) >= 11 is 0. The van der Waals surface area contributed by atoms with Crippen LogP contribution in [0.15, 0.2) is 48.5 Å². The zero-order chi connectivity index (χ0) is 20.1. The topological polar surface area (TPSA) is 56.1 Å². The Hall–Kier alpha value is -2.73. The van der Waals surface area contributed by atoms with Gasteiger partial charge in [0.25, 0.3) is 0 Å². The van der Waals surface area contributed by atoms with Gasteiger partial charge in [0.2, 0.25) is 0 Å². The molecule has 6 heteroatoms. The summed E-state index contributed by atoms with van der Waals surface area (Å²) in [6.07, 6.45) is 7.77. The maximum absolute atomic E-state index is 6.22. The van der Waals surface area contributed by atoms with Crippen molar-refractivity contribution in [1.29, 1.82) is 0 Å². The predicted octanol–water partition coefficient (Wildman–Crippen LogP) is 4.14. The molecule has 0 N–H and O–H groups in total. The molecule has 2 fully saturated rings. The van der Waals surface area contributed by atoms with Crippen LogP contribution in [0, 0.1) is 5.92 Å². The van der Waals surface area contributed by atoms with E-state index in [1.54, 1.807) is 4.68 Å². The van der Waals surface area contributed by atoms with Crippen LogP contribution in [-0.4, -0.2) is 44.7 Å². The molecule has 1 aromatic heterocycles. The van der Waals surface area contributed by atoms with Crippen LogP contribution in [0.1, 0.15) is 43.2 Å². The summed E-state index contributed by atoms with van der Waals surface area (Å²) in [6.45, 7) is 1.19. The fourth-order valence-electron chi connectivity index (χ4n) is 6.32. The zero-order valence-corrected chi connectivity index (χ0v) is 17.4.